The number of ether oxygens (including phenoxy) is 3. The number of methoxy groups -OCH3 is 3. The molecule has 1 unspecified atom stereocenters. The molecular weight excluding hydrogens is 330 g/mol. The summed E-state index contributed by atoms with van der Waals surface area (Å²) in [5.74, 6) is 2.20. The molecule has 0 spiro atoms. The molecule has 0 aliphatic carbocycles. The quantitative estimate of drug-likeness (QED) is 0.914. The second kappa shape index (κ2) is 6.16. The molecule has 136 valence electrons. The van der Waals surface area contributed by atoms with Gasteiger partial charge in [0, 0.05) is 18.0 Å². The highest BCUT2D eigenvalue weighted by Gasteiger charge is 2.31. The Morgan fingerprint density at radius 3 is 2.46 bits per heavy atom. The molecule has 5 nitrogen and oxygen atoms in total. The predicted molar refractivity (Wildman–Crippen MR) is 100 cm³/mol. The van der Waals surface area contributed by atoms with Gasteiger partial charge in [0.2, 0.25) is 0 Å². The van der Waals surface area contributed by atoms with Crippen molar-refractivity contribution in [1.29, 1.82) is 0 Å². The summed E-state index contributed by atoms with van der Waals surface area (Å²) < 4.78 is 16.4. The Kier molecular flexibility index (Phi) is 3.94. The number of rotatable bonds is 3. The molecule has 2 aliphatic heterocycles. The summed E-state index contributed by atoms with van der Waals surface area (Å²) in [5.41, 5.74) is 3.75. The lowest BCUT2D eigenvalue weighted by atomic mass is 9.85. The van der Waals surface area contributed by atoms with Gasteiger partial charge in [0.25, 0.3) is 0 Å². The Morgan fingerprint density at radius 1 is 1.04 bits per heavy atom. The van der Waals surface area contributed by atoms with E-state index in [4.69, 9.17) is 14.2 Å². The van der Waals surface area contributed by atoms with Gasteiger partial charge in [0.15, 0.2) is 23.0 Å². The molecule has 0 amide bonds. The van der Waals surface area contributed by atoms with Gasteiger partial charge >= 0.3 is 0 Å². The predicted octanol–water partition coefficient (Wildman–Crippen LogP) is 1.94. The van der Waals surface area contributed by atoms with E-state index in [1.807, 2.05) is 6.07 Å². The zero-order valence-corrected chi connectivity index (χ0v) is 15.5. The summed E-state index contributed by atoms with van der Waals surface area (Å²) in [4.78, 5) is 2.31. The van der Waals surface area contributed by atoms with Crippen molar-refractivity contribution in [2.45, 2.75) is 19.4 Å². The van der Waals surface area contributed by atoms with Crippen LogP contribution in [-0.4, -0.2) is 37.9 Å². The molecule has 5 heteroatoms. The van der Waals surface area contributed by atoms with Crippen LogP contribution in [-0.2, 0) is 6.42 Å². The number of fused-ring (bicyclic) bond motifs is 4. The SMILES string of the molecule is COc1cc2c(cc1OC)C1C(C)=c3ccc(O)c(OC)c3=CN1CC2. The van der Waals surface area contributed by atoms with E-state index in [1.165, 1.54) is 16.7 Å². The highest BCUT2D eigenvalue weighted by molar-refractivity contribution is 5.64. The summed E-state index contributed by atoms with van der Waals surface area (Å²) in [6.45, 7) is 3.04. The summed E-state index contributed by atoms with van der Waals surface area (Å²) in [6, 6.07) is 7.98. The maximum absolute atomic E-state index is 10.1. The maximum atomic E-state index is 10.1. The average Bonchev–Trinajstić information content (AvgIpc) is 2.66. The first kappa shape index (κ1) is 16.6. The summed E-state index contributed by atoms with van der Waals surface area (Å²) in [5, 5.41) is 12.2. The number of aromatic hydroxyl groups is 1. The summed E-state index contributed by atoms with van der Waals surface area (Å²) >= 11 is 0. The van der Waals surface area contributed by atoms with E-state index in [0.717, 1.165) is 34.9 Å². The molecule has 0 aromatic heterocycles. The van der Waals surface area contributed by atoms with Gasteiger partial charge in [0.1, 0.15) is 0 Å². The number of hydrogen-bond acceptors (Lipinski definition) is 5. The minimum Gasteiger partial charge on any atom is -0.504 e. The Labute approximate surface area is 152 Å². The van der Waals surface area contributed by atoms with Crippen LogP contribution in [0.1, 0.15) is 24.1 Å². The minimum atomic E-state index is 0.139. The number of phenols is 1. The zero-order chi connectivity index (χ0) is 18.4. The van der Waals surface area contributed by atoms with Gasteiger partial charge in [-0.25, -0.2) is 0 Å². The van der Waals surface area contributed by atoms with E-state index in [-0.39, 0.29) is 11.8 Å². The van der Waals surface area contributed by atoms with Crippen LogP contribution >= 0.6 is 0 Å². The molecule has 1 atom stereocenters. The van der Waals surface area contributed by atoms with E-state index >= 15 is 0 Å². The lowest BCUT2D eigenvalue weighted by Gasteiger charge is -2.39. The largest absolute Gasteiger partial charge is 0.504 e. The van der Waals surface area contributed by atoms with Crippen molar-refractivity contribution in [3.63, 3.8) is 0 Å². The Bertz CT molecular complexity index is 996. The summed E-state index contributed by atoms with van der Waals surface area (Å²) in [6.07, 6.45) is 3.03. The van der Waals surface area contributed by atoms with Gasteiger partial charge in [0.05, 0.1) is 27.4 Å². The zero-order valence-electron chi connectivity index (χ0n) is 15.5. The average molecular weight is 353 g/mol. The second-order valence-corrected chi connectivity index (χ2v) is 6.69. The van der Waals surface area contributed by atoms with Crippen LogP contribution < -0.4 is 24.6 Å². The van der Waals surface area contributed by atoms with Crippen molar-refractivity contribution in [2.24, 2.45) is 0 Å². The van der Waals surface area contributed by atoms with E-state index in [1.54, 1.807) is 27.4 Å². The van der Waals surface area contributed by atoms with Crippen LogP contribution in [0, 0.1) is 0 Å². The van der Waals surface area contributed by atoms with Crippen molar-refractivity contribution in [2.75, 3.05) is 27.9 Å². The first-order valence-electron chi connectivity index (χ1n) is 8.68. The van der Waals surface area contributed by atoms with Gasteiger partial charge in [-0.05, 0) is 53.5 Å². The van der Waals surface area contributed by atoms with Crippen LogP contribution in [0.2, 0.25) is 0 Å². The van der Waals surface area contributed by atoms with Crippen LogP contribution in [0.4, 0.5) is 0 Å². The number of nitrogens with zero attached hydrogens (tertiary/aromatic N) is 1. The molecule has 0 saturated heterocycles. The van der Waals surface area contributed by atoms with Crippen LogP contribution in [0.3, 0.4) is 0 Å². The topological polar surface area (TPSA) is 51.2 Å². The molecule has 0 bridgehead atoms. The summed E-state index contributed by atoms with van der Waals surface area (Å²) in [7, 11) is 4.92. The van der Waals surface area contributed by atoms with Gasteiger partial charge < -0.3 is 24.2 Å². The molecule has 4 rings (SSSR count). The fourth-order valence-electron chi connectivity index (χ4n) is 4.17. The normalized spacial score (nSPS) is 17.6. The molecule has 1 N–H and O–H groups in total. The lowest BCUT2D eigenvalue weighted by molar-refractivity contribution is 0.326. The van der Waals surface area contributed by atoms with Gasteiger partial charge in [-0.1, -0.05) is 6.07 Å². The number of hydrogen-bond donors (Lipinski definition) is 1. The fourth-order valence-corrected chi connectivity index (χ4v) is 4.17. The van der Waals surface area contributed by atoms with Crippen LogP contribution in [0.5, 0.6) is 23.0 Å². The standard InChI is InChI=1S/C21H23NO4/c1-12-14-5-6-17(23)21(26-4)16(14)11-22-8-7-13-9-18(24-2)19(25-3)10-15(13)20(12)22/h5-6,9-11,20,23H,7-8H2,1-4H3. The van der Waals surface area contributed by atoms with Crippen molar-refractivity contribution < 1.29 is 19.3 Å². The van der Waals surface area contributed by atoms with E-state index in [2.05, 4.69) is 30.2 Å². The second-order valence-electron chi connectivity index (χ2n) is 6.69. The highest BCUT2D eigenvalue weighted by atomic mass is 16.5. The first-order chi connectivity index (χ1) is 12.6. The molecule has 2 aromatic rings. The third-order valence-electron chi connectivity index (χ3n) is 5.42. The Balaban J connectivity index is 1.96. The Hall–Kier alpha value is -2.82. The third-order valence-corrected chi connectivity index (χ3v) is 5.42. The maximum Gasteiger partial charge on any atom is 0.169 e. The molecule has 26 heavy (non-hydrogen) atoms. The minimum absolute atomic E-state index is 0.139. The molecule has 0 saturated carbocycles. The molecule has 0 fully saturated rings. The highest BCUT2D eigenvalue weighted by Crippen LogP contribution is 2.42. The van der Waals surface area contributed by atoms with Gasteiger partial charge in [-0.3, -0.25) is 0 Å². The Morgan fingerprint density at radius 2 is 1.77 bits per heavy atom. The van der Waals surface area contributed by atoms with Gasteiger partial charge in [-0.2, -0.15) is 0 Å². The van der Waals surface area contributed by atoms with Crippen LogP contribution in [0.25, 0.3) is 11.8 Å². The van der Waals surface area contributed by atoms with E-state index < -0.39 is 0 Å². The van der Waals surface area contributed by atoms with Crippen molar-refractivity contribution in [3.05, 3.63) is 45.8 Å². The molecule has 2 aliphatic rings. The van der Waals surface area contributed by atoms with Crippen LogP contribution in [0.15, 0.2) is 24.3 Å². The van der Waals surface area contributed by atoms with Crippen molar-refractivity contribution >= 4 is 11.8 Å². The van der Waals surface area contributed by atoms with Gasteiger partial charge in [-0.15, -0.1) is 0 Å². The lowest BCUT2D eigenvalue weighted by Crippen LogP contribution is -2.43. The third kappa shape index (κ3) is 2.30. The first-order valence-corrected chi connectivity index (χ1v) is 8.68. The fraction of sp³-hybridized carbons (Fsp3) is 0.333. The smallest absolute Gasteiger partial charge is 0.169 e. The molecular formula is C21H23NO4. The van der Waals surface area contributed by atoms with Crippen molar-refractivity contribution in [1.82, 2.24) is 4.90 Å². The molecule has 2 aromatic carbocycles. The molecule has 2 heterocycles. The van der Waals surface area contributed by atoms with E-state index in [9.17, 15) is 5.11 Å². The monoisotopic (exact) mass is 353 g/mol. The van der Waals surface area contributed by atoms with Crippen molar-refractivity contribution in [3.8, 4) is 23.0 Å². The van der Waals surface area contributed by atoms with E-state index in [0.29, 0.717) is 5.75 Å². The number of benzene rings is 2. The number of phenolic OH excluding ortho intramolecular Hbond substituents is 1. The molecule has 0 radical (unpaired) electrons.